The van der Waals surface area contributed by atoms with Gasteiger partial charge in [0.1, 0.15) is 6.33 Å². The molecular formula is C12H11N3. The summed E-state index contributed by atoms with van der Waals surface area (Å²) < 4.78 is 0. The van der Waals surface area contributed by atoms with Crippen LogP contribution in [0.15, 0.2) is 29.6 Å². The Balaban J connectivity index is 2.41. The Hall–Kier alpha value is -1.77. The standard InChI is InChI=1S/C12H11N3/c1-8-4-5-14-10-3-2-9-6-13-7-15-12(9)11(8)10/h2-3,5-8H,4H2,1H3. The Labute approximate surface area is 87.9 Å². The summed E-state index contributed by atoms with van der Waals surface area (Å²) in [4.78, 5) is 12.8. The number of hydrogen-bond donors (Lipinski definition) is 0. The van der Waals surface area contributed by atoms with Crippen LogP contribution in [0.2, 0.25) is 0 Å². The molecule has 0 N–H and O–H groups in total. The molecule has 0 aliphatic carbocycles. The van der Waals surface area contributed by atoms with Gasteiger partial charge in [0.15, 0.2) is 0 Å². The van der Waals surface area contributed by atoms with E-state index in [0.29, 0.717) is 5.92 Å². The van der Waals surface area contributed by atoms with Gasteiger partial charge in [-0.15, -0.1) is 0 Å². The van der Waals surface area contributed by atoms with Crippen LogP contribution >= 0.6 is 0 Å². The van der Waals surface area contributed by atoms with E-state index in [1.807, 2.05) is 24.5 Å². The summed E-state index contributed by atoms with van der Waals surface area (Å²) in [5.74, 6) is 0.496. The van der Waals surface area contributed by atoms with E-state index in [2.05, 4.69) is 21.9 Å². The second-order valence-corrected chi connectivity index (χ2v) is 3.91. The summed E-state index contributed by atoms with van der Waals surface area (Å²) in [5, 5.41) is 1.10. The van der Waals surface area contributed by atoms with Crippen molar-refractivity contribution in [2.24, 2.45) is 4.99 Å². The summed E-state index contributed by atoms with van der Waals surface area (Å²) >= 11 is 0. The van der Waals surface area contributed by atoms with E-state index in [1.165, 1.54) is 5.56 Å². The average Bonchev–Trinajstić information content (AvgIpc) is 2.29. The predicted molar refractivity (Wildman–Crippen MR) is 60.7 cm³/mol. The molecule has 1 atom stereocenters. The fourth-order valence-corrected chi connectivity index (χ4v) is 2.09. The van der Waals surface area contributed by atoms with Gasteiger partial charge in [0.25, 0.3) is 0 Å². The highest BCUT2D eigenvalue weighted by Gasteiger charge is 2.17. The van der Waals surface area contributed by atoms with Crippen LogP contribution in [0.25, 0.3) is 10.9 Å². The van der Waals surface area contributed by atoms with Gasteiger partial charge in [-0.1, -0.05) is 6.92 Å². The van der Waals surface area contributed by atoms with Crippen molar-refractivity contribution in [3.8, 4) is 0 Å². The molecule has 15 heavy (non-hydrogen) atoms. The lowest BCUT2D eigenvalue weighted by Crippen LogP contribution is -2.02. The number of benzene rings is 1. The Morgan fingerprint density at radius 2 is 2.27 bits per heavy atom. The molecule has 0 bridgehead atoms. The number of aliphatic imine (C=N–C) groups is 1. The van der Waals surface area contributed by atoms with Crippen molar-refractivity contribution in [1.82, 2.24) is 9.97 Å². The molecule has 0 saturated carbocycles. The number of fused-ring (bicyclic) bond motifs is 3. The van der Waals surface area contributed by atoms with Crippen molar-refractivity contribution in [2.75, 3.05) is 0 Å². The fourth-order valence-electron chi connectivity index (χ4n) is 2.09. The Kier molecular flexibility index (Phi) is 1.78. The highest BCUT2D eigenvalue weighted by atomic mass is 14.8. The lowest BCUT2D eigenvalue weighted by atomic mass is 9.92. The monoisotopic (exact) mass is 197 g/mol. The second kappa shape index (κ2) is 3.12. The zero-order chi connectivity index (χ0) is 10.3. The van der Waals surface area contributed by atoms with Gasteiger partial charge in [-0.2, -0.15) is 0 Å². The number of nitrogens with zero attached hydrogens (tertiary/aromatic N) is 3. The molecule has 1 aromatic carbocycles. The van der Waals surface area contributed by atoms with Crippen molar-refractivity contribution in [3.05, 3.63) is 30.2 Å². The van der Waals surface area contributed by atoms with Crippen molar-refractivity contribution in [3.63, 3.8) is 0 Å². The van der Waals surface area contributed by atoms with Gasteiger partial charge in [0, 0.05) is 23.4 Å². The van der Waals surface area contributed by atoms with Crippen LogP contribution in [0.3, 0.4) is 0 Å². The van der Waals surface area contributed by atoms with Crippen LogP contribution in [0.4, 0.5) is 5.69 Å². The zero-order valence-electron chi connectivity index (χ0n) is 8.51. The minimum Gasteiger partial charge on any atom is -0.261 e. The van der Waals surface area contributed by atoms with Crippen LogP contribution < -0.4 is 0 Å². The molecule has 1 aliphatic rings. The molecule has 74 valence electrons. The number of rotatable bonds is 0. The third-order valence-electron chi connectivity index (χ3n) is 2.87. The van der Waals surface area contributed by atoms with Crippen LogP contribution in [0.5, 0.6) is 0 Å². The molecular weight excluding hydrogens is 186 g/mol. The molecule has 2 aromatic rings. The molecule has 3 rings (SSSR count). The van der Waals surface area contributed by atoms with Crippen molar-refractivity contribution in [2.45, 2.75) is 19.3 Å². The van der Waals surface area contributed by atoms with Crippen molar-refractivity contribution in [1.29, 1.82) is 0 Å². The van der Waals surface area contributed by atoms with Crippen molar-refractivity contribution < 1.29 is 0 Å². The van der Waals surface area contributed by atoms with Gasteiger partial charge in [-0.05, 0) is 24.5 Å². The maximum atomic E-state index is 4.41. The minimum atomic E-state index is 0.496. The van der Waals surface area contributed by atoms with Crippen LogP contribution in [-0.2, 0) is 0 Å². The number of hydrogen-bond acceptors (Lipinski definition) is 3. The van der Waals surface area contributed by atoms with Gasteiger partial charge in [-0.3, -0.25) is 4.99 Å². The Morgan fingerprint density at radius 1 is 1.33 bits per heavy atom. The molecule has 0 spiro atoms. The molecule has 1 aromatic heterocycles. The molecule has 3 heteroatoms. The molecule has 0 saturated heterocycles. The van der Waals surface area contributed by atoms with E-state index in [9.17, 15) is 0 Å². The van der Waals surface area contributed by atoms with E-state index in [1.54, 1.807) is 6.33 Å². The molecule has 0 radical (unpaired) electrons. The summed E-state index contributed by atoms with van der Waals surface area (Å²) in [6.07, 6.45) is 6.44. The predicted octanol–water partition coefficient (Wildman–Crippen LogP) is 2.84. The summed E-state index contributed by atoms with van der Waals surface area (Å²) in [7, 11) is 0. The maximum absolute atomic E-state index is 4.41. The van der Waals surface area contributed by atoms with Crippen LogP contribution in [0.1, 0.15) is 24.8 Å². The molecule has 1 unspecified atom stereocenters. The quantitative estimate of drug-likeness (QED) is 0.651. The second-order valence-electron chi connectivity index (χ2n) is 3.91. The minimum absolute atomic E-state index is 0.496. The Bertz CT molecular complexity index is 546. The van der Waals surface area contributed by atoms with Gasteiger partial charge < -0.3 is 0 Å². The normalized spacial score (nSPS) is 19.1. The summed E-state index contributed by atoms with van der Waals surface area (Å²) in [6.45, 7) is 2.21. The fraction of sp³-hybridized carbons (Fsp3) is 0.250. The Morgan fingerprint density at radius 3 is 3.20 bits per heavy atom. The summed E-state index contributed by atoms with van der Waals surface area (Å²) in [5.41, 5.74) is 3.37. The largest absolute Gasteiger partial charge is 0.261 e. The first-order valence-corrected chi connectivity index (χ1v) is 5.11. The highest BCUT2D eigenvalue weighted by Crippen LogP contribution is 2.36. The smallest absolute Gasteiger partial charge is 0.116 e. The topological polar surface area (TPSA) is 38.1 Å². The molecule has 2 heterocycles. The van der Waals surface area contributed by atoms with Gasteiger partial charge >= 0.3 is 0 Å². The lowest BCUT2D eigenvalue weighted by Gasteiger charge is -2.18. The third kappa shape index (κ3) is 1.23. The van der Waals surface area contributed by atoms with E-state index < -0.39 is 0 Å². The average molecular weight is 197 g/mol. The maximum Gasteiger partial charge on any atom is 0.116 e. The van der Waals surface area contributed by atoms with Gasteiger partial charge in [0.2, 0.25) is 0 Å². The molecule has 0 fully saturated rings. The number of aromatic nitrogens is 2. The lowest BCUT2D eigenvalue weighted by molar-refractivity contribution is 0.807. The van der Waals surface area contributed by atoms with Gasteiger partial charge in [0.05, 0.1) is 11.2 Å². The molecule has 1 aliphatic heterocycles. The van der Waals surface area contributed by atoms with E-state index >= 15 is 0 Å². The van der Waals surface area contributed by atoms with E-state index in [0.717, 1.165) is 23.0 Å². The molecule has 0 amide bonds. The van der Waals surface area contributed by atoms with Gasteiger partial charge in [-0.25, -0.2) is 9.97 Å². The first-order chi connectivity index (χ1) is 7.36. The zero-order valence-corrected chi connectivity index (χ0v) is 8.51. The van der Waals surface area contributed by atoms with E-state index in [-0.39, 0.29) is 0 Å². The van der Waals surface area contributed by atoms with Crippen LogP contribution in [0, 0.1) is 0 Å². The van der Waals surface area contributed by atoms with E-state index in [4.69, 9.17) is 0 Å². The summed E-state index contributed by atoms with van der Waals surface area (Å²) in [6, 6.07) is 4.08. The first-order valence-electron chi connectivity index (χ1n) is 5.11. The third-order valence-corrected chi connectivity index (χ3v) is 2.87. The van der Waals surface area contributed by atoms with Crippen molar-refractivity contribution >= 4 is 22.8 Å². The first kappa shape index (κ1) is 8.53. The molecule has 3 nitrogen and oxygen atoms in total. The van der Waals surface area contributed by atoms with Crippen LogP contribution in [-0.4, -0.2) is 16.2 Å². The SMILES string of the molecule is CC1CC=Nc2ccc3cncnc3c21. The highest BCUT2D eigenvalue weighted by molar-refractivity contribution is 5.88.